The second kappa shape index (κ2) is 6.08. The number of aliphatic hydroxyl groups is 1. The van der Waals surface area contributed by atoms with Gasteiger partial charge in [0.25, 0.3) is 0 Å². The number of nitrogens with zero attached hydrogens (tertiary/aromatic N) is 1. The summed E-state index contributed by atoms with van der Waals surface area (Å²) in [6.07, 6.45) is 2.89. The third-order valence-corrected chi connectivity index (χ3v) is 3.01. The molecule has 1 aliphatic heterocycles. The van der Waals surface area contributed by atoms with Crippen LogP contribution in [0.15, 0.2) is 0 Å². The standard InChI is InChI=1S/C11H21NO3/c1-3-10-9(2)6-7-12(10)15-11(14)5-4-8-13/h9-10,13H,3-8H2,1-2H3. The van der Waals surface area contributed by atoms with Crippen LogP contribution < -0.4 is 0 Å². The Labute approximate surface area is 91.2 Å². The number of carbonyl (C=O) groups is 1. The van der Waals surface area contributed by atoms with E-state index < -0.39 is 0 Å². The average Bonchev–Trinajstić information content (AvgIpc) is 2.56. The lowest BCUT2D eigenvalue weighted by atomic mass is 10.0. The first-order valence-corrected chi connectivity index (χ1v) is 5.77. The Morgan fingerprint density at radius 1 is 1.60 bits per heavy atom. The van der Waals surface area contributed by atoms with E-state index in [0.29, 0.717) is 24.8 Å². The molecule has 0 aromatic carbocycles. The quantitative estimate of drug-likeness (QED) is 0.752. The molecule has 0 bridgehead atoms. The summed E-state index contributed by atoms with van der Waals surface area (Å²) in [5.41, 5.74) is 0. The van der Waals surface area contributed by atoms with E-state index in [1.165, 1.54) is 0 Å². The van der Waals surface area contributed by atoms with Crippen LogP contribution in [0.1, 0.15) is 39.5 Å². The zero-order chi connectivity index (χ0) is 11.3. The van der Waals surface area contributed by atoms with Gasteiger partial charge in [-0.05, 0) is 25.2 Å². The van der Waals surface area contributed by atoms with Gasteiger partial charge in [-0.25, -0.2) is 0 Å². The summed E-state index contributed by atoms with van der Waals surface area (Å²) < 4.78 is 0. The van der Waals surface area contributed by atoms with Gasteiger partial charge in [0.15, 0.2) is 0 Å². The average molecular weight is 215 g/mol. The van der Waals surface area contributed by atoms with Crippen molar-refractivity contribution in [3.8, 4) is 0 Å². The van der Waals surface area contributed by atoms with Crippen molar-refractivity contribution < 1.29 is 14.7 Å². The third-order valence-electron chi connectivity index (χ3n) is 3.01. The van der Waals surface area contributed by atoms with Gasteiger partial charge < -0.3 is 9.94 Å². The van der Waals surface area contributed by atoms with E-state index in [4.69, 9.17) is 9.94 Å². The lowest BCUT2D eigenvalue weighted by Gasteiger charge is -2.24. The highest BCUT2D eigenvalue weighted by Gasteiger charge is 2.32. The van der Waals surface area contributed by atoms with Gasteiger partial charge in [-0.3, -0.25) is 4.79 Å². The van der Waals surface area contributed by atoms with E-state index >= 15 is 0 Å². The largest absolute Gasteiger partial charge is 0.396 e. The Hall–Kier alpha value is -0.610. The van der Waals surface area contributed by atoms with E-state index in [2.05, 4.69) is 13.8 Å². The van der Waals surface area contributed by atoms with Crippen LogP contribution in [0.25, 0.3) is 0 Å². The molecule has 2 atom stereocenters. The van der Waals surface area contributed by atoms with Gasteiger partial charge >= 0.3 is 5.97 Å². The fraction of sp³-hybridized carbons (Fsp3) is 0.909. The maximum absolute atomic E-state index is 11.4. The van der Waals surface area contributed by atoms with Crippen molar-refractivity contribution in [2.24, 2.45) is 5.92 Å². The van der Waals surface area contributed by atoms with E-state index in [0.717, 1.165) is 19.4 Å². The zero-order valence-corrected chi connectivity index (χ0v) is 9.61. The van der Waals surface area contributed by atoms with Gasteiger partial charge in [0, 0.05) is 25.6 Å². The van der Waals surface area contributed by atoms with E-state index in [1.54, 1.807) is 0 Å². The molecule has 0 aromatic heterocycles. The number of carbonyl (C=O) groups excluding carboxylic acids is 1. The predicted molar refractivity (Wildman–Crippen MR) is 57.0 cm³/mol. The second-order valence-corrected chi connectivity index (χ2v) is 4.17. The van der Waals surface area contributed by atoms with Crippen LogP contribution >= 0.6 is 0 Å². The Kier molecular flexibility index (Phi) is 5.05. The molecule has 15 heavy (non-hydrogen) atoms. The van der Waals surface area contributed by atoms with Crippen LogP contribution in [0.2, 0.25) is 0 Å². The molecule has 0 aromatic rings. The van der Waals surface area contributed by atoms with Gasteiger partial charge in [-0.2, -0.15) is 0 Å². The molecule has 4 heteroatoms. The molecule has 1 saturated heterocycles. The summed E-state index contributed by atoms with van der Waals surface area (Å²) in [6.45, 7) is 5.18. The highest BCUT2D eigenvalue weighted by Crippen LogP contribution is 2.26. The molecule has 0 spiro atoms. The number of rotatable bonds is 5. The van der Waals surface area contributed by atoms with Crippen molar-refractivity contribution in [2.45, 2.75) is 45.6 Å². The Morgan fingerprint density at radius 2 is 2.33 bits per heavy atom. The number of hydrogen-bond acceptors (Lipinski definition) is 4. The molecule has 0 aliphatic carbocycles. The molecule has 0 radical (unpaired) electrons. The first-order chi connectivity index (χ1) is 7.19. The second-order valence-electron chi connectivity index (χ2n) is 4.17. The summed E-state index contributed by atoms with van der Waals surface area (Å²) in [6, 6.07) is 0.364. The van der Waals surface area contributed by atoms with Crippen LogP contribution in [0, 0.1) is 5.92 Å². The molecular formula is C11H21NO3. The molecule has 1 heterocycles. The van der Waals surface area contributed by atoms with Crippen LogP contribution in [0.5, 0.6) is 0 Å². The summed E-state index contributed by atoms with van der Waals surface area (Å²) in [5, 5.41) is 10.4. The van der Waals surface area contributed by atoms with Crippen molar-refractivity contribution in [1.29, 1.82) is 0 Å². The van der Waals surface area contributed by atoms with Gasteiger partial charge in [0.05, 0.1) is 0 Å². The fourth-order valence-corrected chi connectivity index (χ4v) is 2.09. The first-order valence-electron chi connectivity index (χ1n) is 5.77. The van der Waals surface area contributed by atoms with Crippen molar-refractivity contribution in [3.05, 3.63) is 0 Å². The molecule has 2 unspecified atom stereocenters. The van der Waals surface area contributed by atoms with Crippen LogP contribution in [-0.2, 0) is 9.63 Å². The van der Waals surface area contributed by atoms with Crippen molar-refractivity contribution in [2.75, 3.05) is 13.2 Å². The summed E-state index contributed by atoms with van der Waals surface area (Å²) in [7, 11) is 0. The molecule has 1 fully saturated rings. The van der Waals surface area contributed by atoms with E-state index in [-0.39, 0.29) is 12.6 Å². The van der Waals surface area contributed by atoms with Crippen molar-refractivity contribution in [1.82, 2.24) is 5.06 Å². The monoisotopic (exact) mass is 215 g/mol. The normalized spacial score (nSPS) is 26.9. The Bertz CT molecular complexity index is 208. The lowest BCUT2D eigenvalue weighted by molar-refractivity contribution is -0.196. The number of hydroxylamine groups is 2. The van der Waals surface area contributed by atoms with Gasteiger partial charge in [0.2, 0.25) is 0 Å². The minimum atomic E-state index is -0.225. The Balaban J connectivity index is 2.34. The number of hydrogen-bond donors (Lipinski definition) is 1. The number of aliphatic hydroxyl groups excluding tert-OH is 1. The Morgan fingerprint density at radius 3 is 2.93 bits per heavy atom. The van der Waals surface area contributed by atoms with E-state index in [1.807, 2.05) is 5.06 Å². The molecular weight excluding hydrogens is 194 g/mol. The molecule has 1 aliphatic rings. The van der Waals surface area contributed by atoms with Gasteiger partial charge in [0.1, 0.15) is 0 Å². The highest BCUT2D eigenvalue weighted by molar-refractivity contribution is 5.68. The SMILES string of the molecule is CCC1C(C)CCN1OC(=O)CCCO. The highest BCUT2D eigenvalue weighted by atomic mass is 16.7. The van der Waals surface area contributed by atoms with Gasteiger partial charge in [-0.15, -0.1) is 5.06 Å². The predicted octanol–water partition coefficient (Wildman–Crippen LogP) is 1.34. The molecule has 1 rings (SSSR count). The first kappa shape index (κ1) is 12.5. The minimum absolute atomic E-state index is 0.0444. The lowest BCUT2D eigenvalue weighted by Crippen LogP contribution is -2.33. The summed E-state index contributed by atoms with van der Waals surface area (Å²) in [5.74, 6) is 0.372. The maximum atomic E-state index is 11.4. The minimum Gasteiger partial charge on any atom is -0.396 e. The molecule has 0 amide bonds. The maximum Gasteiger partial charge on any atom is 0.325 e. The van der Waals surface area contributed by atoms with Crippen LogP contribution in [0.4, 0.5) is 0 Å². The topological polar surface area (TPSA) is 49.8 Å². The summed E-state index contributed by atoms with van der Waals surface area (Å²) >= 11 is 0. The summed E-state index contributed by atoms with van der Waals surface area (Å²) in [4.78, 5) is 16.6. The third kappa shape index (κ3) is 3.47. The van der Waals surface area contributed by atoms with Crippen LogP contribution in [0.3, 0.4) is 0 Å². The van der Waals surface area contributed by atoms with Crippen LogP contribution in [-0.4, -0.2) is 35.3 Å². The molecule has 4 nitrogen and oxygen atoms in total. The molecule has 0 saturated carbocycles. The van der Waals surface area contributed by atoms with E-state index in [9.17, 15) is 4.79 Å². The fourth-order valence-electron chi connectivity index (χ4n) is 2.09. The molecule has 1 N–H and O–H groups in total. The zero-order valence-electron chi connectivity index (χ0n) is 9.61. The molecule has 88 valence electrons. The smallest absolute Gasteiger partial charge is 0.325 e. The van der Waals surface area contributed by atoms with Crippen molar-refractivity contribution in [3.63, 3.8) is 0 Å². The van der Waals surface area contributed by atoms with Crippen molar-refractivity contribution >= 4 is 5.97 Å². The van der Waals surface area contributed by atoms with Gasteiger partial charge in [-0.1, -0.05) is 13.8 Å².